The fourth-order valence-electron chi connectivity index (χ4n) is 2.60. The van der Waals surface area contributed by atoms with Gasteiger partial charge < -0.3 is 15.1 Å². The smallest absolute Gasteiger partial charge is 0.256 e. The molecule has 1 aromatic heterocycles. The van der Waals surface area contributed by atoms with Crippen LogP contribution in [0.3, 0.4) is 0 Å². The Kier molecular flexibility index (Phi) is 5.14. The number of aromatic nitrogens is 2. The van der Waals surface area contributed by atoms with E-state index in [4.69, 9.17) is 11.6 Å². The molecule has 0 radical (unpaired) electrons. The monoisotopic (exact) mass is 359 g/mol. The van der Waals surface area contributed by atoms with Crippen molar-refractivity contribution in [2.24, 2.45) is 0 Å². The van der Waals surface area contributed by atoms with E-state index >= 15 is 0 Å². The summed E-state index contributed by atoms with van der Waals surface area (Å²) in [5.41, 5.74) is 0.496. The second kappa shape index (κ2) is 7.48. The van der Waals surface area contributed by atoms with Crippen LogP contribution in [0.15, 0.2) is 36.4 Å². The number of nitrogens with one attached hydrogen (secondary N) is 1. The minimum atomic E-state index is -0.270. The summed E-state index contributed by atoms with van der Waals surface area (Å²) < 4.78 is 0. The second-order valence-corrected chi connectivity index (χ2v) is 6.17. The highest BCUT2D eigenvalue weighted by Crippen LogP contribution is 2.15. The zero-order chi connectivity index (χ0) is 17.8. The first kappa shape index (κ1) is 17.2. The molecule has 2 aromatic rings. The van der Waals surface area contributed by atoms with Crippen molar-refractivity contribution < 1.29 is 9.59 Å². The largest absolute Gasteiger partial charge is 0.352 e. The molecule has 2 amide bonds. The number of rotatable bonds is 3. The van der Waals surface area contributed by atoms with Crippen LogP contribution in [-0.2, 0) is 4.79 Å². The van der Waals surface area contributed by atoms with Crippen LogP contribution >= 0.6 is 11.6 Å². The van der Waals surface area contributed by atoms with E-state index in [0.29, 0.717) is 42.6 Å². The van der Waals surface area contributed by atoms with Crippen LogP contribution in [0.1, 0.15) is 17.3 Å². The molecule has 130 valence electrons. The molecule has 0 atom stereocenters. The third-order valence-corrected chi connectivity index (χ3v) is 4.30. The molecule has 8 heteroatoms. The van der Waals surface area contributed by atoms with Gasteiger partial charge in [-0.25, -0.2) is 0 Å². The number of halogens is 1. The number of carbonyl (C=O) groups excluding carboxylic acids is 2. The van der Waals surface area contributed by atoms with Crippen molar-refractivity contribution in [3.05, 3.63) is 47.0 Å². The van der Waals surface area contributed by atoms with Crippen molar-refractivity contribution >= 4 is 35.1 Å². The maximum Gasteiger partial charge on any atom is 0.256 e. The van der Waals surface area contributed by atoms with Crippen molar-refractivity contribution in [1.82, 2.24) is 15.1 Å². The molecule has 1 aromatic carbocycles. The van der Waals surface area contributed by atoms with Gasteiger partial charge in [0, 0.05) is 43.7 Å². The fraction of sp³-hybridized carbons (Fsp3) is 0.294. The Morgan fingerprint density at radius 3 is 2.24 bits per heavy atom. The quantitative estimate of drug-likeness (QED) is 0.907. The number of carbonyl (C=O) groups is 2. The van der Waals surface area contributed by atoms with Crippen LogP contribution in [0, 0.1) is 0 Å². The Hall–Kier alpha value is -2.67. The molecule has 1 aliphatic rings. The second-order valence-electron chi connectivity index (χ2n) is 5.73. The third-order valence-electron chi connectivity index (χ3n) is 4.05. The highest BCUT2D eigenvalue weighted by molar-refractivity contribution is 6.30. The summed E-state index contributed by atoms with van der Waals surface area (Å²) in [5.74, 6) is 0.929. The molecule has 2 heterocycles. The van der Waals surface area contributed by atoms with Crippen LogP contribution in [0.25, 0.3) is 0 Å². The number of hydrogen-bond acceptors (Lipinski definition) is 5. The minimum absolute atomic E-state index is 0.0889. The van der Waals surface area contributed by atoms with Gasteiger partial charge in [-0.15, -0.1) is 10.2 Å². The topological polar surface area (TPSA) is 78.4 Å². The summed E-state index contributed by atoms with van der Waals surface area (Å²) in [6.07, 6.45) is 0. The molecule has 0 bridgehead atoms. The van der Waals surface area contributed by atoms with Gasteiger partial charge in [-0.3, -0.25) is 9.59 Å². The van der Waals surface area contributed by atoms with Crippen LogP contribution in [0.4, 0.5) is 11.6 Å². The standard InChI is InChI=1S/C17H18ClN5O2/c1-12(24)22-8-10-23(11-9-22)16-7-6-15(20-21-16)19-17(25)13-2-4-14(18)5-3-13/h2-7H,8-11H2,1H3,(H,19,20,25). The number of amides is 2. The van der Waals surface area contributed by atoms with Crippen molar-refractivity contribution in [2.45, 2.75) is 6.92 Å². The molecule has 1 aliphatic heterocycles. The van der Waals surface area contributed by atoms with Crippen molar-refractivity contribution in [3.63, 3.8) is 0 Å². The fourth-order valence-corrected chi connectivity index (χ4v) is 2.73. The number of anilines is 2. The van der Waals surface area contributed by atoms with Crippen molar-refractivity contribution in [2.75, 3.05) is 36.4 Å². The molecule has 1 fully saturated rings. The molecule has 1 saturated heterocycles. The lowest BCUT2D eigenvalue weighted by Crippen LogP contribution is -2.48. The van der Waals surface area contributed by atoms with E-state index in [1.54, 1.807) is 37.3 Å². The molecular weight excluding hydrogens is 342 g/mol. The Bertz CT molecular complexity index is 756. The van der Waals surface area contributed by atoms with Gasteiger partial charge >= 0.3 is 0 Å². The summed E-state index contributed by atoms with van der Waals surface area (Å²) in [6, 6.07) is 10.1. The van der Waals surface area contributed by atoms with E-state index < -0.39 is 0 Å². The number of benzene rings is 1. The number of hydrogen-bond donors (Lipinski definition) is 1. The molecule has 3 rings (SSSR count). The van der Waals surface area contributed by atoms with E-state index in [2.05, 4.69) is 20.4 Å². The van der Waals surface area contributed by atoms with Gasteiger partial charge in [-0.05, 0) is 36.4 Å². The predicted octanol–water partition coefficient (Wildman–Crippen LogP) is 2.05. The SMILES string of the molecule is CC(=O)N1CCN(c2ccc(NC(=O)c3ccc(Cl)cc3)nn2)CC1. The maximum atomic E-state index is 12.1. The van der Waals surface area contributed by atoms with Crippen LogP contribution in [0.5, 0.6) is 0 Å². The highest BCUT2D eigenvalue weighted by Gasteiger charge is 2.19. The molecule has 0 saturated carbocycles. The minimum Gasteiger partial charge on any atom is -0.352 e. The van der Waals surface area contributed by atoms with Crippen molar-refractivity contribution in [3.8, 4) is 0 Å². The van der Waals surface area contributed by atoms with Crippen LogP contribution in [0.2, 0.25) is 5.02 Å². The summed E-state index contributed by atoms with van der Waals surface area (Å²) in [6.45, 7) is 4.35. The van der Waals surface area contributed by atoms with E-state index in [1.807, 2.05) is 11.0 Å². The Labute approximate surface area is 150 Å². The normalized spacial score (nSPS) is 14.3. The third kappa shape index (κ3) is 4.24. The summed E-state index contributed by atoms with van der Waals surface area (Å²) in [7, 11) is 0. The first-order chi connectivity index (χ1) is 12.0. The Morgan fingerprint density at radius 1 is 1.00 bits per heavy atom. The first-order valence-corrected chi connectivity index (χ1v) is 8.32. The first-order valence-electron chi connectivity index (χ1n) is 7.94. The van der Waals surface area contributed by atoms with Gasteiger partial charge in [0.25, 0.3) is 5.91 Å². The van der Waals surface area contributed by atoms with Crippen molar-refractivity contribution in [1.29, 1.82) is 0 Å². The Balaban J connectivity index is 1.60. The van der Waals surface area contributed by atoms with E-state index in [9.17, 15) is 9.59 Å². The van der Waals surface area contributed by atoms with Gasteiger partial charge in [0.05, 0.1) is 0 Å². The van der Waals surface area contributed by atoms with Crippen LogP contribution < -0.4 is 10.2 Å². The van der Waals surface area contributed by atoms with Gasteiger partial charge in [0.1, 0.15) is 0 Å². The molecule has 25 heavy (non-hydrogen) atoms. The number of piperazine rings is 1. The van der Waals surface area contributed by atoms with Gasteiger partial charge in [-0.1, -0.05) is 11.6 Å². The Morgan fingerprint density at radius 2 is 1.68 bits per heavy atom. The molecule has 7 nitrogen and oxygen atoms in total. The maximum absolute atomic E-state index is 12.1. The zero-order valence-corrected chi connectivity index (χ0v) is 14.5. The molecule has 1 N–H and O–H groups in total. The average Bonchev–Trinajstić information content (AvgIpc) is 2.63. The predicted molar refractivity (Wildman–Crippen MR) is 95.9 cm³/mol. The van der Waals surface area contributed by atoms with Gasteiger partial charge in [0.15, 0.2) is 11.6 Å². The number of nitrogens with zero attached hydrogens (tertiary/aromatic N) is 4. The lowest BCUT2D eigenvalue weighted by atomic mass is 10.2. The highest BCUT2D eigenvalue weighted by atomic mass is 35.5. The molecule has 0 unspecified atom stereocenters. The van der Waals surface area contributed by atoms with Gasteiger partial charge in [0.2, 0.25) is 5.91 Å². The lowest BCUT2D eigenvalue weighted by molar-refractivity contribution is -0.129. The summed E-state index contributed by atoms with van der Waals surface area (Å²) in [4.78, 5) is 27.4. The lowest BCUT2D eigenvalue weighted by Gasteiger charge is -2.34. The van der Waals surface area contributed by atoms with Gasteiger partial charge in [-0.2, -0.15) is 0 Å². The molecule has 0 spiro atoms. The molecule has 0 aliphatic carbocycles. The van der Waals surface area contributed by atoms with E-state index in [-0.39, 0.29) is 11.8 Å². The van der Waals surface area contributed by atoms with E-state index in [1.165, 1.54) is 0 Å². The average molecular weight is 360 g/mol. The molecular formula is C17H18ClN5O2. The van der Waals surface area contributed by atoms with E-state index in [0.717, 1.165) is 5.82 Å². The van der Waals surface area contributed by atoms with Crippen LogP contribution in [-0.4, -0.2) is 53.1 Å². The summed E-state index contributed by atoms with van der Waals surface area (Å²) >= 11 is 5.81. The zero-order valence-electron chi connectivity index (χ0n) is 13.8. The summed E-state index contributed by atoms with van der Waals surface area (Å²) in [5, 5.41) is 11.5.